The summed E-state index contributed by atoms with van der Waals surface area (Å²) in [6.07, 6.45) is -3.66. The summed E-state index contributed by atoms with van der Waals surface area (Å²) in [5.74, 6) is -2.17. The molecule has 0 aliphatic rings. The number of alkyl halides is 3. The Morgan fingerprint density at radius 2 is 1.79 bits per heavy atom. The molecule has 3 aromatic carbocycles. The van der Waals surface area contributed by atoms with Crippen LogP contribution in [-0.4, -0.2) is 43.9 Å². The molecule has 0 unspecified atom stereocenters. The molecule has 206 valence electrons. The van der Waals surface area contributed by atoms with Crippen LogP contribution in [0.4, 0.5) is 18.9 Å². The van der Waals surface area contributed by atoms with Gasteiger partial charge in [0.25, 0.3) is 11.8 Å². The van der Waals surface area contributed by atoms with Crippen molar-refractivity contribution < 1.29 is 36.3 Å². The van der Waals surface area contributed by atoms with E-state index in [4.69, 9.17) is 16.7 Å². The number of sulfone groups is 1. The van der Waals surface area contributed by atoms with Gasteiger partial charge in [0, 0.05) is 10.0 Å². The van der Waals surface area contributed by atoms with Crippen LogP contribution in [0.15, 0.2) is 70.2 Å². The second-order valence-electron chi connectivity index (χ2n) is 8.10. The highest BCUT2D eigenvalue weighted by molar-refractivity contribution is 9.10. The number of carbonyl (C=O) groups excluding carboxylic acids is 2. The fraction of sp³-hybridized carbons (Fsp3) is 0.160. The van der Waals surface area contributed by atoms with E-state index in [-0.39, 0.29) is 28.1 Å². The Kier molecular flexibility index (Phi) is 9.88. The quantitative estimate of drug-likeness (QED) is 0.222. The van der Waals surface area contributed by atoms with Gasteiger partial charge in [-0.25, -0.2) is 13.8 Å². The van der Waals surface area contributed by atoms with Gasteiger partial charge in [0.2, 0.25) is 0 Å². The number of amides is 2. The van der Waals surface area contributed by atoms with Crippen molar-refractivity contribution in [2.45, 2.75) is 11.9 Å². The summed E-state index contributed by atoms with van der Waals surface area (Å²) in [5.41, 5.74) is 1.75. The van der Waals surface area contributed by atoms with Crippen LogP contribution in [0, 0.1) is 0 Å². The normalized spacial score (nSPS) is 11.9. The van der Waals surface area contributed by atoms with Crippen molar-refractivity contribution in [1.82, 2.24) is 5.43 Å². The second kappa shape index (κ2) is 12.7. The molecule has 14 heteroatoms. The Hall–Kier alpha value is -3.26. The van der Waals surface area contributed by atoms with Crippen LogP contribution in [0.2, 0.25) is 5.02 Å². The molecule has 0 fully saturated rings. The number of carbonyl (C=O) groups is 2. The van der Waals surface area contributed by atoms with E-state index in [0.717, 1.165) is 18.3 Å². The zero-order chi connectivity index (χ0) is 28.8. The highest BCUT2D eigenvalue weighted by atomic mass is 79.9. The third-order valence-corrected chi connectivity index (χ3v) is 7.53. The van der Waals surface area contributed by atoms with Crippen molar-refractivity contribution in [3.8, 4) is 0 Å². The number of nitrogens with zero attached hydrogens (tertiary/aromatic N) is 1. The average molecular weight is 647 g/mol. The topological polar surface area (TPSA) is 125 Å². The number of aliphatic hydroxyl groups excluding tert-OH is 1. The molecular weight excluding hydrogens is 627 g/mol. The van der Waals surface area contributed by atoms with Gasteiger partial charge < -0.3 is 10.4 Å². The highest BCUT2D eigenvalue weighted by Crippen LogP contribution is 2.34. The van der Waals surface area contributed by atoms with Crippen LogP contribution >= 0.6 is 27.5 Å². The molecular formula is C25H20BrClF3N3O5S. The van der Waals surface area contributed by atoms with Crippen LogP contribution in [0.1, 0.15) is 37.4 Å². The van der Waals surface area contributed by atoms with Gasteiger partial charge in [0.05, 0.1) is 46.2 Å². The van der Waals surface area contributed by atoms with E-state index in [9.17, 15) is 31.2 Å². The Balaban J connectivity index is 1.77. The highest BCUT2D eigenvalue weighted by Gasteiger charge is 2.33. The number of anilines is 1. The van der Waals surface area contributed by atoms with Gasteiger partial charge in [-0.2, -0.15) is 18.3 Å². The number of nitrogens with one attached hydrogen (secondary N) is 2. The maximum absolute atomic E-state index is 13.1. The van der Waals surface area contributed by atoms with Crippen molar-refractivity contribution in [3.05, 3.63) is 98.0 Å². The van der Waals surface area contributed by atoms with Crippen molar-refractivity contribution in [1.29, 1.82) is 0 Å². The number of rotatable bonds is 9. The summed E-state index contributed by atoms with van der Waals surface area (Å²) in [4.78, 5) is 25.7. The van der Waals surface area contributed by atoms with Crippen LogP contribution in [-0.2, 0) is 21.8 Å². The van der Waals surface area contributed by atoms with E-state index in [1.165, 1.54) is 42.5 Å². The first-order valence-corrected chi connectivity index (χ1v) is 14.0. The minimum atomic E-state index is -4.67. The standard InChI is InChI=1S/C25H20BrClF3N3O5S/c26-18-5-7-22(32-23(35)17-3-1-2-16(10-17)14-39(37,38)9-8-34)19(12-18)24(36)33-31-13-15-4-6-21(27)20(11-15)25(28,29)30/h1-7,10-13,34H,8-9,14H2,(H,32,35)(H,33,36)/b31-13+. The van der Waals surface area contributed by atoms with Gasteiger partial charge >= 0.3 is 6.18 Å². The fourth-order valence-electron chi connectivity index (χ4n) is 3.34. The summed E-state index contributed by atoms with van der Waals surface area (Å²) < 4.78 is 63.7. The molecule has 0 heterocycles. The predicted octanol–water partition coefficient (Wildman–Crippen LogP) is 5.04. The van der Waals surface area contributed by atoms with E-state index in [0.29, 0.717) is 10.0 Å². The number of hydrazone groups is 1. The largest absolute Gasteiger partial charge is 0.417 e. The number of benzene rings is 3. The third kappa shape index (κ3) is 8.62. The van der Waals surface area contributed by atoms with Gasteiger partial charge in [0.15, 0.2) is 9.84 Å². The lowest BCUT2D eigenvalue weighted by Crippen LogP contribution is -2.21. The smallest absolute Gasteiger partial charge is 0.395 e. The lowest BCUT2D eigenvalue weighted by molar-refractivity contribution is -0.137. The molecule has 0 aromatic heterocycles. The number of halogens is 5. The fourth-order valence-corrected chi connectivity index (χ4v) is 5.04. The molecule has 0 bridgehead atoms. The van der Waals surface area contributed by atoms with Gasteiger partial charge in [0.1, 0.15) is 0 Å². The first-order chi connectivity index (χ1) is 18.3. The number of hydrogen-bond donors (Lipinski definition) is 3. The molecule has 8 nitrogen and oxygen atoms in total. The molecule has 3 aromatic rings. The maximum Gasteiger partial charge on any atom is 0.417 e. The lowest BCUT2D eigenvalue weighted by atomic mass is 10.1. The van der Waals surface area contributed by atoms with Gasteiger partial charge in [-0.3, -0.25) is 9.59 Å². The minimum Gasteiger partial charge on any atom is -0.395 e. The Morgan fingerprint density at radius 3 is 2.49 bits per heavy atom. The second-order valence-corrected chi connectivity index (χ2v) is 11.6. The van der Waals surface area contributed by atoms with E-state index >= 15 is 0 Å². The maximum atomic E-state index is 13.1. The molecule has 0 saturated carbocycles. The van der Waals surface area contributed by atoms with Gasteiger partial charge in [-0.1, -0.05) is 45.7 Å². The number of aliphatic hydroxyl groups is 1. The van der Waals surface area contributed by atoms with Crippen molar-refractivity contribution in [2.75, 3.05) is 17.7 Å². The Morgan fingerprint density at radius 1 is 1.05 bits per heavy atom. The van der Waals surface area contributed by atoms with E-state index in [1.54, 1.807) is 6.07 Å². The molecule has 0 radical (unpaired) electrons. The van der Waals surface area contributed by atoms with Crippen LogP contribution in [0.25, 0.3) is 0 Å². The van der Waals surface area contributed by atoms with Crippen molar-refractivity contribution in [2.24, 2.45) is 5.10 Å². The van der Waals surface area contributed by atoms with E-state index < -0.39 is 50.8 Å². The predicted molar refractivity (Wildman–Crippen MR) is 145 cm³/mol. The molecule has 0 aliphatic heterocycles. The average Bonchev–Trinajstić information content (AvgIpc) is 2.85. The zero-order valence-electron chi connectivity index (χ0n) is 19.8. The monoisotopic (exact) mass is 645 g/mol. The van der Waals surface area contributed by atoms with Crippen LogP contribution < -0.4 is 10.7 Å². The summed E-state index contributed by atoms with van der Waals surface area (Å²) in [6, 6.07) is 13.4. The molecule has 3 rings (SSSR count). The number of hydrogen-bond acceptors (Lipinski definition) is 6. The molecule has 0 atom stereocenters. The Labute approximate surface area is 234 Å². The molecule has 0 aliphatic carbocycles. The Bertz CT molecular complexity index is 1530. The summed E-state index contributed by atoms with van der Waals surface area (Å²) in [5, 5.41) is 14.7. The van der Waals surface area contributed by atoms with E-state index in [1.807, 2.05) is 0 Å². The first kappa shape index (κ1) is 30.3. The molecule has 0 spiro atoms. The summed E-state index contributed by atoms with van der Waals surface area (Å²) >= 11 is 8.84. The van der Waals surface area contributed by atoms with Crippen molar-refractivity contribution >= 4 is 61.1 Å². The SMILES string of the molecule is O=C(Nc1ccc(Br)cc1C(=O)N/N=C/c1ccc(Cl)c(C(F)(F)F)c1)c1cccc(CS(=O)(=O)CCO)c1. The first-order valence-electron chi connectivity index (χ1n) is 11.0. The van der Waals surface area contributed by atoms with Gasteiger partial charge in [-0.15, -0.1) is 0 Å². The zero-order valence-corrected chi connectivity index (χ0v) is 23.0. The lowest BCUT2D eigenvalue weighted by Gasteiger charge is -2.12. The molecule has 2 amide bonds. The van der Waals surface area contributed by atoms with Crippen molar-refractivity contribution in [3.63, 3.8) is 0 Å². The molecule has 0 saturated heterocycles. The van der Waals surface area contributed by atoms with E-state index in [2.05, 4.69) is 31.8 Å². The molecule has 39 heavy (non-hydrogen) atoms. The third-order valence-electron chi connectivity index (χ3n) is 5.13. The van der Waals surface area contributed by atoms with Crippen LogP contribution in [0.5, 0.6) is 0 Å². The molecule has 3 N–H and O–H groups in total. The van der Waals surface area contributed by atoms with Gasteiger partial charge in [-0.05, 0) is 53.6 Å². The summed E-state index contributed by atoms with van der Waals surface area (Å²) in [7, 11) is -3.57. The summed E-state index contributed by atoms with van der Waals surface area (Å²) in [6.45, 7) is -0.519. The van der Waals surface area contributed by atoms with Crippen LogP contribution in [0.3, 0.4) is 0 Å². The minimum absolute atomic E-state index is 0.0105.